The van der Waals surface area contributed by atoms with Gasteiger partial charge in [0.25, 0.3) is 0 Å². The fourth-order valence-corrected chi connectivity index (χ4v) is 4.53. The van der Waals surface area contributed by atoms with Crippen LogP contribution in [-0.4, -0.2) is 110 Å². The monoisotopic (exact) mass is 385 g/mol. The Labute approximate surface area is 170 Å². The summed E-state index contributed by atoms with van der Waals surface area (Å²) in [7, 11) is 2.18. The zero-order valence-corrected chi connectivity index (χ0v) is 17.4. The lowest BCUT2D eigenvalue weighted by atomic mass is 10.1. The summed E-state index contributed by atoms with van der Waals surface area (Å²) in [4.78, 5) is 12.0. The van der Waals surface area contributed by atoms with Crippen molar-refractivity contribution in [2.45, 2.75) is 25.7 Å². The Morgan fingerprint density at radius 3 is 1.96 bits per heavy atom. The van der Waals surface area contributed by atoms with Gasteiger partial charge in [-0.15, -0.1) is 0 Å². The summed E-state index contributed by atoms with van der Waals surface area (Å²) in [6, 6.07) is 4.28. The third-order valence-electron chi connectivity index (χ3n) is 6.32. The molecule has 0 atom stereocenters. The second-order valence-corrected chi connectivity index (χ2v) is 8.30. The number of nitrogens with zero attached hydrogens (tertiary/aromatic N) is 7. The molecule has 3 rings (SSSR count). The minimum Gasteiger partial charge on any atom is -0.355 e. The lowest BCUT2D eigenvalue weighted by Crippen LogP contribution is -2.45. The molecule has 0 bridgehead atoms. The maximum absolute atomic E-state index is 9.49. The molecule has 0 aliphatic carbocycles. The van der Waals surface area contributed by atoms with Crippen LogP contribution in [0.15, 0.2) is 11.4 Å². The highest BCUT2D eigenvalue weighted by Gasteiger charge is 2.28. The Kier molecular flexibility index (Phi) is 7.97. The minimum absolute atomic E-state index is 0.274. The van der Waals surface area contributed by atoms with E-state index in [1.807, 2.05) is 0 Å². The molecule has 3 aliphatic heterocycles. The van der Waals surface area contributed by atoms with Gasteiger partial charge in [0.15, 0.2) is 5.57 Å². The van der Waals surface area contributed by atoms with Gasteiger partial charge in [0.05, 0.1) is 0 Å². The molecule has 7 nitrogen and oxygen atoms in total. The molecule has 7 heteroatoms. The number of hydrogen-bond donors (Lipinski definition) is 0. The van der Waals surface area contributed by atoms with E-state index in [2.05, 4.69) is 43.7 Å². The summed E-state index contributed by atoms with van der Waals surface area (Å²) >= 11 is 0. The number of allylic oxidation sites excluding steroid dienone is 1. The highest BCUT2D eigenvalue weighted by atomic mass is 15.4. The molecule has 0 amide bonds. The van der Waals surface area contributed by atoms with Crippen LogP contribution in [0, 0.1) is 22.7 Å². The molecule has 0 saturated carbocycles. The van der Waals surface area contributed by atoms with Crippen LogP contribution in [0.5, 0.6) is 0 Å². The predicted molar refractivity (Wildman–Crippen MR) is 110 cm³/mol. The Morgan fingerprint density at radius 1 is 0.714 bits per heavy atom. The average Bonchev–Trinajstić information content (AvgIpc) is 3.12. The van der Waals surface area contributed by atoms with Gasteiger partial charge in [-0.05, 0) is 45.9 Å². The van der Waals surface area contributed by atoms with Crippen LogP contribution in [0.2, 0.25) is 0 Å². The molecule has 3 saturated heterocycles. The molecular formula is C21H35N7. The van der Waals surface area contributed by atoms with Gasteiger partial charge in [0.1, 0.15) is 18.0 Å². The van der Waals surface area contributed by atoms with Crippen LogP contribution >= 0.6 is 0 Å². The van der Waals surface area contributed by atoms with E-state index < -0.39 is 0 Å². The van der Waals surface area contributed by atoms with Crippen LogP contribution < -0.4 is 0 Å². The highest BCUT2D eigenvalue weighted by molar-refractivity contribution is 5.40. The summed E-state index contributed by atoms with van der Waals surface area (Å²) in [6.45, 7) is 12.8. The van der Waals surface area contributed by atoms with E-state index >= 15 is 0 Å². The van der Waals surface area contributed by atoms with Crippen molar-refractivity contribution in [2.75, 3.05) is 85.6 Å². The third kappa shape index (κ3) is 5.61. The number of nitriles is 2. The van der Waals surface area contributed by atoms with Gasteiger partial charge in [-0.2, -0.15) is 10.5 Å². The summed E-state index contributed by atoms with van der Waals surface area (Å²) in [5.41, 5.74) is 0.274. The molecule has 0 aromatic carbocycles. The van der Waals surface area contributed by atoms with Crippen molar-refractivity contribution in [3.63, 3.8) is 0 Å². The van der Waals surface area contributed by atoms with Gasteiger partial charge in [-0.3, -0.25) is 0 Å². The molecule has 3 aliphatic rings. The first kappa shape index (κ1) is 20.9. The summed E-state index contributed by atoms with van der Waals surface area (Å²) < 4.78 is 0. The Hall–Kier alpha value is -1.80. The molecule has 0 unspecified atom stereocenters. The van der Waals surface area contributed by atoms with Crippen molar-refractivity contribution in [3.05, 3.63) is 11.4 Å². The van der Waals surface area contributed by atoms with Crippen molar-refractivity contribution in [1.82, 2.24) is 24.5 Å². The largest absolute Gasteiger partial charge is 0.355 e. The van der Waals surface area contributed by atoms with Crippen LogP contribution in [-0.2, 0) is 0 Å². The quantitative estimate of drug-likeness (QED) is 0.606. The van der Waals surface area contributed by atoms with E-state index in [0.29, 0.717) is 0 Å². The van der Waals surface area contributed by atoms with Crippen molar-refractivity contribution in [2.24, 2.45) is 0 Å². The molecule has 0 spiro atoms. The zero-order chi connectivity index (χ0) is 19.8. The van der Waals surface area contributed by atoms with E-state index in [9.17, 15) is 10.5 Å². The third-order valence-corrected chi connectivity index (χ3v) is 6.32. The first-order valence-electron chi connectivity index (χ1n) is 10.9. The summed E-state index contributed by atoms with van der Waals surface area (Å²) in [5, 5.41) is 19.0. The van der Waals surface area contributed by atoms with Crippen LogP contribution in [0.25, 0.3) is 0 Å². The molecule has 0 radical (unpaired) electrons. The van der Waals surface area contributed by atoms with E-state index in [1.165, 1.54) is 32.4 Å². The van der Waals surface area contributed by atoms with Crippen molar-refractivity contribution >= 4 is 0 Å². The second kappa shape index (κ2) is 10.7. The number of hydrogen-bond acceptors (Lipinski definition) is 7. The topological polar surface area (TPSA) is 63.8 Å². The number of piperazine rings is 1. The van der Waals surface area contributed by atoms with Gasteiger partial charge in [0, 0.05) is 58.9 Å². The Morgan fingerprint density at radius 2 is 1.32 bits per heavy atom. The molecule has 0 aromatic heterocycles. The van der Waals surface area contributed by atoms with Crippen LogP contribution in [0.4, 0.5) is 0 Å². The average molecular weight is 386 g/mol. The van der Waals surface area contributed by atoms with Crippen LogP contribution in [0.3, 0.4) is 0 Å². The Balaban J connectivity index is 1.52. The van der Waals surface area contributed by atoms with Gasteiger partial charge in [0.2, 0.25) is 0 Å². The molecule has 0 aromatic rings. The van der Waals surface area contributed by atoms with Crippen molar-refractivity contribution < 1.29 is 0 Å². The standard InChI is InChI=1S/C21H35N7/c1-24-10-12-26(13-11-24)8-5-9-27-16-17-28(21(27)20(18-22)19-23)15-14-25-6-3-2-4-7-25/h2-17H2,1H3. The number of rotatable bonds is 7. The first-order valence-corrected chi connectivity index (χ1v) is 10.9. The number of piperidine rings is 1. The molecule has 28 heavy (non-hydrogen) atoms. The number of likely N-dealkylation sites (tertiary alicyclic amines) is 1. The molecular weight excluding hydrogens is 350 g/mol. The SMILES string of the molecule is CN1CCN(CCCN2CCN(CCN3CCCCC3)C2=C(C#N)C#N)CC1. The van der Waals surface area contributed by atoms with Gasteiger partial charge >= 0.3 is 0 Å². The fraction of sp³-hybridized carbons (Fsp3) is 0.810. The molecule has 3 heterocycles. The number of likely N-dealkylation sites (N-methyl/N-ethyl adjacent to an activating group) is 1. The van der Waals surface area contributed by atoms with Crippen molar-refractivity contribution in [3.8, 4) is 12.1 Å². The van der Waals surface area contributed by atoms with Gasteiger partial charge < -0.3 is 24.5 Å². The van der Waals surface area contributed by atoms with E-state index in [0.717, 1.165) is 77.7 Å². The maximum Gasteiger partial charge on any atom is 0.169 e. The van der Waals surface area contributed by atoms with E-state index in [4.69, 9.17) is 0 Å². The first-order chi connectivity index (χ1) is 13.7. The van der Waals surface area contributed by atoms with Gasteiger partial charge in [-0.1, -0.05) is 6.42 Å². The summed E-state index contributed by atoms with van der Waals surface area (Å²) in [6.07, 6.45) is 5.02. The lowest BCUT2D eigenvalue weighted by molar-refractivity contribution is 0.149. The summed E-state index contributed by atoms with van der Waals surface area (Å²) in [5.74, 6) is 0.875. The molecule has 154 valence electrons. The van der Waals surface area contributed by atoms with E-state index in [-0.39, 0.29) is 5.57 Å². The smallest absolute Gasteiger partial charge is 0.169 e. The minimum atomic E-state index is 0.274. The Bertz CT molecular complexity index is 587. The van der Waals surface area contributed by atoms with Gasteiger partial charge in [-0.25, -0.2) is 0 Å². The predicted octanol–water partition coefficient (Wildman–Crippen LogP) is 0.986. The maximum atomic E-state index is 9.49. The normalized spacial score (nSPS) is 22.3. The van der Waals surface area contributed by atoms with Crippen molar-refractivity contribution in [1.29, 1.82) is 10.5 Å². The highest BCUT2D eigenvalue weighted by Crippen LogP contribution is 2.22. The lowest BCUT2D eigenvalue weighted by Gasteiger charge is -2.33. The van der Waals surface area contributed by atoms with E-state index in [1.54, 1.807) is 0 Å². The zero-order valence-electron chi connectivity index (χ0n) is 17.4. The molecule has 0 N–H and O–H groups in total. The second-order valence-electron chi connectivity index (χ2n) is 8.30. The molecule has 3 fully saturated rings. The van der Waals surface area contributed by atoms with Crippen LogP contribution in [0.1, 0.15) is 25.7 Å². The fourth-order valence-electron chi connectivity index (χ4n) is 4.53.